The summed E-state index contributed by atoms with van der Waals surface area (Å²) in [6.45, 7) is 1.65. The van der Waals surface area contributed by atoms with Gasteiger partial charge in [-0.3, -0.25) is 9.10 Å². The molecule has 0 aliphatic heterocycles. The van der Waals surface area contributed by atoms with E-state index in [2.05, 4.69) is 5.32 Å². The van der Waals surface area contributed by atoms with Gasteiger partial charge in [0.05, 0.1) is 30.3 Å². The molecule has 0 unspecified atom stereocenters. The van der Waals surface area contributed by atoms with Crippen molar-refractivity contribution in [2.75, 3.05) is 23.0 Å². The number of nitrogens with zero attached hydrogens (tertiary/aromatic N) is 1. The number of esters is 1. The van der Waals surface area contributed by atoms with E-state index in [1.165, 1.54) is 31.4 Å². The van der Waals surface area contributed by atoms with E-state index in [4.69, 9.17) is 4.74 Å². The lowest BCUT2D eigenvalue weighted by atomic mass is 10.1. The van der Waals surface area contributed by atoms with E-state index in [1.54, 1.807) is 19.1 Å². The number of carbonyl (C=O) groups is 2. The van der Waals surface area contributed by atoms with Crippen LogP contribution in [0.4, 0.5) is 15.8 Å². The van der Waals surface area contributed by atoms with Crippen LogP contribution < -0.4 is 9.62 Å². The minimum absolute atomic E-state index is 0.140. The van der Waals surface area contributed by atoms with Crippen molar-refractivity contribution in [3.05, 3.63) is 59.9 Å². The lowest BCUT2D eigenvalue weighted by Gasteiger charge is -2.30. The fraction of sp³-hybridized carbons (Fsp3) is 0.263. The van der Waals surface area contributed by atoms with Gasteiger partial charge in [-0.25, -0.2) is 17.6 Å². The van der Waals surface area contributed by atoms with Crippen LogP contribution in [0.5, 0.6) is 0 Å². The van der Waals surface area contributed by atoms with Crippen LogP contribution in [0.3, 0.4) is 0 Å². The van der Waals surface area contributed by atoms with Gasteiger partial charge in [-0.15, -0.1) is 0 Å². The van der Waals surface area contributed by atoms with Crippen molar-refractivity contribution in [1.82, 2.24) is 0 Å². The number of para-hydroxylation sites is 1. The highest BCUT2D eigenvalue weighted by Gasteiger charge is 2.32. The van der Waals surface area contributed by atoms with Crippen LogP contribution in [0.2, 0.25) is 0 Å². The Balaban J connectivity index is 2.41. The molecule has 0 bridgehead atoms. The maximum atomic E-state index is 13.2. The third-order valence-corrected chi connectivity index (χ3v) is 5.18. The molecule has 0 fully saturated rings. The molecule has 9 heteroatoms. The van der Waals surface area contributed by atoms with Gasteiger partial charge in [-0.2, -0.15) is 0 Å². The molecule has 1 amide bonds. The molecule has 7 nitrogen and oxygen atoms in total. The van der Waals surface area contributed by atoms with Crippen LogP contribution in [0.1, 0.15) is 23.7 Å². The molecule has 0 saturated heterocycles. The molecule has 0 saturated carbocycles. The normalized spacial score (nSPS) is 12.1. The van der Waals surface area contributed by atoms with Crippen molar-refractivity contribution in [3.8, 4) is 0 Å². The third kappa shape index (κ3) is 4.86. The Labute approximate surface area is 163 Å². The van der Waals surface area contributed by atoms with E-state index in [9.17, 15) is 22.4 Å². The molecule has 0 spiro atoms. The Bertz CT molecular complexity index is 961. The summed E-state index contributed by atoms with van der Waals surface area (Å²) in [6, 6.07) is 9.93. The number of halogens is 1. The Morgan fingerprint density at radius 3 is 2.29 bits per heavy atom. The number of anilines is 2. The van der Waals surface area contributed by atoms with E-state index in [1.807, 2.05) is 0 Å². The van der Waals surface area contributed by atoms with Gasteiger partial charge >= 0.3 is 5.97 Å². The predicted molar refractivity (Wildman–Crippen MR) is 104 cm³/mol. The Morgan fingerprint density at radius 2 is 1.75 bits per heavy atom. The summed E-state index contributed by atoms with van der Waals surface area (Å²) >= 11 is 0. The number of rotatable bonds is 7. The van der Waals surface area contributed by atoms with Crippen molar-refractivity contribution in [3.63, 3.8) is 0 Å². The number of carbonyl (C=O) groups excluding carboxylic acids is 2. The van der Waals surface area contributed by atoms with E-state index >= 15 is 0 Å². The Morgan fingerprint density at radius 1 is 1.14 bits per heavy atom. The fourth-order valence-electron chi connectivity index (χ4n) is 2.74. The van der Waals surface area contributed by atoms with Gasteiger partial charge in [0.1, 0.15) is 11.9 Å². The van der Waals surface area contributed by atoms with Crippen LogP contribution in [-0.2, 0) is 19.6 Å². The summed E-state index contributed by atoms with van der Waals surface area (Å²) in [7, 11) is -2.63. The van der Waals surface area contributed by atoms with Crippen molar-refractivity contribution >= 4 is 33.3 Å². The minimum Gasteiger partial charge on any atom is -0.465 e. The van der Waals surface area contributed by atoms with Crippen LogP contribution in [-0.4, -0.2) is 39.7 Å². The summed E-state index contributed by atoms with van der Waals surface area (Å²) in [5, 5.41) is 2.59. The summed E-state index contributed by atoms with van der Waals surface area (Å²) in [5.74, 6) is -1.79. The number of methoxy groups -OCH3 is 1. The first-order valence-corrected chi connectivity index (χ1v) is 10.3. The number of hydrogen-bond acceptors (Lipinski definition) is 5. The zero-order chi connectivity index (χ0) is 20.9. The van der Waals surface area contributed by atoms with Gasteiger partial charge in [0.15, 0.2) is 0 Å². The lowest BCUT2D eigenvalue weighted by Crippen LogP contribution is -2.47. The van der Waals surface area contributed by atoms with Gasteiger partial charge in [-0.1, -0.05) is 19.1 Å². The molecule has 150 valence electrons. The maximum Gasteiger partial charge on any atom is 0.339 e. The van der Waals surface area contributed by atoms with Crippen LogP contribution in [0, 0.1) is 5.82 Å². The molecule has 0 aliphatic carbocycles. The van der Waals surface area contributed by atoms with Crippen molar-refractivity contribution in [2.45, 2.75) is 19.4 Å². The van der Waals surface area contributed by atoms with Crippen LogP contribution in [0.15, 0.2) is 48.5 Å². The second-order valence-corrected chi connectivity index (χ2v) is 7.85. The second-order valence-electron chi connectivity index (χ2n) is 5.99. The number of benzene rings is 2. The predicted octanol–water partition coefficient (Wildman–Crippen LogP) is 2.80. The lowest BCUT2D eigenvalue weighted by molar-refractivity contribution is -0.117. The molecule has 1 atom stereocenters. The van der Waals surface area contributed by atoms with Gasteiger partial charge in [0, 0.05) is 0 Å². The van der Waals surface area contributed by atoms with Gasteiger partial charge in [-0.05, 0) is 42.8 Å². The van der Waals surface area contributed by atoms with E-state index in [0.717, 1.165) is 22.7 Å². The Kier molecular flexibility index (Phi) is 6.74. The quantitative estimate of drug-likeness (QED) is 0.711. The van der Waals surface area contributed by atoms with Gasteiger partial charge in [0.25, 0.3) is 0 Å². The van der Waals surface area contributed by atoms with Gasteiger partial charge < -0.3 is 10.1 Å². The molecule has 0 radical (unpaired) electrons. The number of ether oxygens (including phenoxy) is 1. The molecule has 2 rings (SSSR count). The minimum atomic E-state index is -3.85. The average molecular weight is 408 g/mol. The molecule has 2 aromatic rings. The molecule has 2 aromatic carbocycles. The van der Waals surface area contributed by atoms with Crippen molar-refractivity contribution < 1.29 is 27.1 Å². The molecule has 0 aromatic heterocycles. The summed E-state index contributed by atoms with van der Waals surface area (Å²) < 4.78 is 43.6. The monoisotopic (exact) mass is 408 g/mol. The van der Waals surface area contributed by atoms with Crippen molar-refractivity contribution in [2.24, 2.45) is 0 Å². The fourth-order valence-corrected chi connectivity index (χ4v) is 3.96. The topological polar surface area (TPSA) is 92.8 Å². The highest BCUT2D eigenvalue weighted by atomic mass is 32.2. The summed E-state index contributed by atoms with van der Waals surface area (Å²) in [4.78, 5) is 24.8. The molecular weight excluding hydrogens is 387 g/mol. The maximum absolute atomic E-state index is 13.2. The first kappa shape index (κ1) is 21.4. The molecule has 0 heterocycles. The smallest absolute Gasteiger partial charge is 0.339 e. The van der Waals surface area contributed by atoms with E-state index in [-0.39, 0.29) is 23.4 Å². The molecular formula is C19H21FN2O5S. The molecule has 0 aliphatic rings. The van der Waals surface area contributed by atoms with Crippen LogP contribution >= 0.6 is 0 Å². The SMILES string of the molecule is CC[C@H](C(=O)Nc1ccccc1C(=O)OC)N(c1ccc(F)cc1)S(C)(=O)=O. The highest BCUT2D eigenvalue weighted by molar-refractivity contribution is 7.92. The highest BCUT2D eigenvalue weighted by Crippen LogP contribution is 2.24. The van der Waals surface area contributed by atoms with E-state index in [0.29, 0.717) is 0 Å². The number of hydrogen-bond donors (Lipinski definition) is 1. The average Bonchev–Trinajstić information content (AvgIpc) is 2.65. The summed E-state index contributed by atoms with van der Waals surface area (Å²) in [5.41, 5.74) is 0.499. The second kappa shape index (κ2) is 8.83. The largest absolute Gasteiger partial charge is 0.465 e. The number of sulfonamides is 1. The first-order chi connectivity index (χ1) is 13.2. The van der Waals surface area contributed by atoms with Gasteiger partial charge in [0.2, 0.25) is 15.9 Å². The zero-order valence-electron chi connectivity index (χ0n) is 15.7. The standard InChI is InChI=1S/C19H21FN2O5S/c1-4-17(22(28(3,25)26)14-11-9-13(20)10-12-14)18(23)21-16-8-6-5-7-15(16)19(24)27-2/h5-12,17H,4H2,1-3H3,(H,21,23)/t17-/m1/s1. The van der Waals surface area contributed by atoms with Crippen molar-refractivity contribution in [1.29, 1.82) is 0 Å². The Hall–Kier alpha value is -2.94. The zero-order valence-corrected chi connectivity index (χ0v) is 16.5. The number of amides is 1. The summed E-state index contributed by atoms with van der Waals surface area (Å²) in [6.07, 6.45) is 1.12. The number of nitrogens with one attached hydrogen (secondary N) is 1. The van der Waals surface area contributed by atoms with Crippen LogP contribution in [0.25, 0.3) is 0 Å². The molecule has 1 N–H and O–H groups in total. The molecule has 28 heavy (non-hydrogen) atoms. The van der Waals surface area contributed by atoms with E-state index < -0.39 is 33.8 Å². The first-order valence-electron chi connectivity index (χ1n) is 8.42. The third-order valence-electron chi connectivity index (χ3n) is 4.00.